The van der Waals surface area contributed by atoms with Crippen molar-refractivity contribution in [1.82, 2.24) is 14.5 Å². The molecular weight excluding hydrogens is 450 g/mol. The predicted molar refractivity (Wildman–Crippen MR) is 118 cm³/mol. The summed E-state index contributed by atoms with van der Waals surface area (Å²) >= 11 is 3.51. The first-order valence-electron chi connectivity index (χ1n) is 9.43. The Kier molecular flexibility index (Phi) is 5.46. The van der Waals surface area contributed by atoms with E-state index in [9.17, 15) is 8.42 Å². The molecule has 4 rings (SSSR count). The Labute approximate surface area is 179 Å². The van der Waals surface area contributed by atoms with E-state index < -0.39 is 10.0 Å². The zero-order valence-corrected chi connectivity index (χ0v) is 18.6. The van der Waals surface area contributed by atoms with E-state index in [1.165, 1.54) is 0 Å². The average Bonchev–Trinajstić information content (AvgIpc) is 3.25. The maximum atomic E-state index is 12.6. The zero-order valence-electron chi connectivity index (χ0n) is 16.2. The Morgan fingerprint density at radius 1 is 1.07 bits per heavy atom. The normalized spacial score (nSPS) is 19.0. The van der Waals surface area contributed by atoms with Crippen LogP contribution in [0.3, 0.4) is 0 Å². The molecular formula is C22H22BrN3O2S. The second-order valence-electron chi connectivity index (χ2n) is 7.24. The summed E-state index contributed by atoms with van der Waals surface area (Å²) in [7, 11) is -3.54. The highest BCUT2D eigenvalue weighted by molar-refractivity contribution is 9.10. The number of rotatable bonds is 5. The van der Waals surface area contributed by atoms with Crippen molar-refractivity contribution < 1.29 is 8.42 Å². The number of aromatic nitrogens is 2. The predicted octanol–water partition coefficient (Wildman–Crippen LogP) is 4.64. The summed E-state index contributed by atoms with van der Waals surface area (Å²) in [6, 6.07) is 16.3. The molecule has 1 N–H and O–H groups in total. The molecule has 0 saturated carbocycles. The molecule has 0 amide bonds. The van der Waals surface area contributed by atoms with Crippen LogP contribution in [0.2, 0.25) is 0 Å². The molecule has 2 unspecified atom stereocenters. The van der Waals surface area contributed by atoms with Gasteiger partial charge in [0.25, 0.3) is 0 Å². The topological polar surface area (TPSA) is 64.0 Å². The lowest BCUT2D eigenvalue weighted by Gasteiger charge is -2.15. The SMILES string of the molecule is Cc1nn(-c2cccc(Br)c2)c(C)c1C1C=CC(NS(=O)(=O)c2ccccc2)C1. The summed E-state index contributed by atoms with van der Waals surface area (Å²) in [5, 5.41) is 4.74. The number of aryl methyl sites for hydroxylation is 1. The van der Waals surface area contributed by atoms with Gasteiger partial charge in [-0.25, -0.2) is 17.8 Å². The third-order valence-electron chi connectivity index (χ3n) is 5.21. The van der Waals surface area contributed by atoms with Crippen LogP contribution in [0, 0.1) is 13.8 Å². The zero-order chi connectivity index (χ0) is 20.6. The van der Waals surface area contributed by atoms with Crippen molar-refractivity contribution in [3.8, 4) is 5.69 Å². The van der Waals surface area contributed by atoms with Gasteiger partial charge in [0.1, 0.15) is 0 Å². The van der Waals surface area contributed by atoms with E-state index in [1.807, 2.05) is 41.9 Å². The molecule has 0 fully saturated rings. The monoisotopic (exact) mass is 471 g/mol. The van der Waals surface area contributed by atoms with Gasteiger partial charge in [0.2, 0.25) is 10.0 Å². The highest BCUT2D eigenvalue weighted by Crippen LogP contribution is 2.34. The van der Waals surface area contributed by atoms with Crippen molar-refractivity contribution in [1.29, 1.82) is 0 Å². The van der Waals surface area contributed by atoms with E-state index in [-0.39, 0.29) is 16.9 Å². The van der Waals surface area contributed by atoms with Gasteiger partial charge in [-0.2, -0.15) is 5.10 Å². The molecule has 0 bridgehead atoms. The number of nitrogens with one attached hydrogen (secondary N) is 1. The fraction of sp³-hybridized carbons (Fsp3) is 0.227. The van der Waals surface area contributed by atoms with Gasteiger partial charge in [0, 0.05) is 27.7 Å². The average molecular weight is 472 g/mol. The molecule has 150 valence electrons. The second-order valence-corrected chi connectivity index (χ2v) is 9.87. The van der Waals surface area contributed by atoms with E-state index >= 15 is 0 Å². The quantitative estimate of drug-likeness (QED) is 0.551. The molecule has 0 aliphatic heterocycles. The number of benzene rings is 2. The lowest BCUT2D eigenvalue weighted by atomic mass is 9.96. The highest BCUT2D eigenvalue weighted by Gasteiger charge is 2.29. The van der Waals surface area contributed by atoms with Crippen molar-refractivity contribution >= 4 is 26.0 Å². The number of nitrogens with zero attached hydrogens (tertiary/aromatic N) is 2. The van der Waals surface area contributed by atoms with Gasteiger partial charge >= 0.3 is 0 Å². The van der Waals surface area contributed by atoms with Gasteiger partial charge in [-0.05, 0) is 50.6 Å². The van der Waals surface area contributed by atoms with Crippen LogP contribution >= 0.6 is 15.9 Å². The Morgan fingerprint density at radius 2 is 1.83 bits per heavy atom. The molecule has 7 heteroatoms. The fourth-order valence-corrected chi connectivity index (χ4v) is 5.53. The molecule has 2 atom stereocenters. The van der Waals surface area contributed by atoms with Crippen LogP contribution in [-0.4, -0.2) is 24.2 Å². The van der Waals surface area contributed by atoms with Crippen molar-refractivity contribution in [3.63, 3.8) is 0 Å². The first kappa shape index (κ1) is 20.1. The Morgan fingerprint density at radius 3 is 2.55 bits per heavy atom. The van der Waals surface area contributed by atoms with Crippen LogP contribution in [0.1, 0.15) is 29.3 Å². The van der Waals surface area contributed by atoms with Gasteiger partial charge in [-0.3, -0.25) is 0 Å². The highest BCUT2D eigenvalue weighted by atomic mass is 79.9. The van der Waals surface area contributed by atoms with Crippen molar-refractivity contribution in [2.45, 2.75) is 37.1 Å². The van der Waals surface area contributed by atoms with Gasteiger partial charge in [-0.15, -0.1) is 0 Å². The molecule has 0 saturated heterocycles. The summed E-state index contributed by atoms with van der Waals surface area (Å²) in [5.74, 6) is 0.124. The van der Waals surface area contributed by atoms with E-state index in [1.54, 1.807) is 30.3 Å². The van der Waals surface area contributed by atoms with Crippen LogP contribution in [-0.2, 0) is 10.0 Å². The van der Waals surface area contributed by atoms with Crippen LogP contribution < -0.4 is 4.72 Å². The van der Waals surface area contributed by atoms with Gasteiger partial charge < -0.3 is 0 Å². The van der Waals surface area contributed by atoms with Crippen molar-refractivity contribution in [2.75, 3.05) is 0 Å². The van der Waals surface area contributed by atoms with E-state index in [0.717, 1.165) is 27.1 Å². The Hall–Kier alpha value is -2.22. The van der Waals surface area contributed by atoms with Gasteiger partial charge in [0.05, 0.1) is 16.3 Å². The van der Waals surface area contributed by atoms with Crippen molar-refractivity contribution in [3.05, 3.63) is 88.2 Å². The Balaban J connectivity index is 1.55. The summed E-state index contributed by atoms with van der Waals surface area (Å²) in [5.41, 5.74) is 4.18. The third kappa shape index (κ3) is 4.08. The minimum absolute atomic E-state index is 0.124. The van der Waals surface area contributed by atoms with Crippen LogP contribution in [0.15, 0.2) is 76.1 Å². The molecule has 1 heterocycles. The fourth-order valence-electron chi connectivity index (χ4n) is 3.92. The summed E-state index contributed by atoms with van der Waals surface area (Å²) in [6.45, 7) is 4.07. The maximum Gasteiger partial charge on any atom is 0.241 e. The summed E-state index contributed by atoms with van der Waals surface area (Å²) < 4.78 is 31.0. The molecule has 0 radical (unpaired) electrons. The van der Waals surface area contributed by atoms with E-state index in [2.05, 4.69) is 33.7 Å². The first-order chi connectivity index (χ1) is 13.8. The largest absolute Gasteiger partial charge is 0.241 e. The maximum absolute atomic E-state index is 12.6. The molecule has 0 spiro atoms. The number of allylic oxidation sites excluding steroid dienone is 1. The molecule has 3 aromatic rings. The number of hydrogen-bond donors (Lipinski definition) is 1. The lowest BCUT2D eigenvalue weighted by Crippen LogP contribution is -2.32. The van der Waals surface area contributed by atoms with Gasteiger partial charge in [-0.1, -0.05) is 52.3 Å². The molecule has 1 aromatic heterocycles. The molecule has 1 aliphatic carbocycles. The van der Waals surface area contributed by atoms with Gasteiger partial charge in [0.15, 0.2) is 0 Å². The lowest BCUT2D eigenvalue weighted by molar-refractivity contribution is 0.563. The summed E-state index contributed by atoms with van der Waals surface area (Å²) in [6.07, 6.45) is 4.71. The van der Waals surface area contributed by atoms with Crippen molar-refractivity contribution in [2.24, 2.45) is 0 Å². The second kappa shape index (κ2) is 7.89. The Bertz CT molecular complexity index is 1170. The third-order valence-corrected chi connectivity index (χ3v) is 7.21. The minimum Gasteiger partial charge on any atom is -0.238 e. The van der Waals surface area contributed by atoms with Crippen LogP contribution in [0.5, 0.6) is 0 Å². The number of hydrogen-bond acceptors (Lipinski definition) is 3. The van der Waals surface area contributed by atoms with E-state index in [0.29, 0.717) is 6.42 Å². The molecule has 2 aromatic carbocycles. The number of sulfonamides is 1. The smallest absolute Gasteiger partial charge is 0.238 e. The van der Waals surface area contributed by atoms with E-state index in [4.69, 9.17) is 5.10 Å². The molecule has 5 nitrogen and oxygen atoms in total. The first-order valence-corrected chi connectivity index (χ1v) is 11.7. The minimum atomic E-state index is -3.54. The number of halogens is 1. The molecule has 29 heavy (non-hydrogen) atoms. The summed E-state index contributed by atoms with van der Waals surface area (Å²) in [4.78, 5) is 0.284. The van der Waals surface area contributed by atoms with Crippen LogP contribution in [0.4, 0.5) is 0 Å². The van der Waals surface area contributed by atoms with Crippen LogP contribution in [0.25, 0.3) is 5.69 Å². The molecule has 1 aliphatic rings. The standard InChI is InChI=1S/C22H22BrN3O2S/c1-15-22(16(2)26(24-15)20-8-6-7-18(23)14-20)17-11-12-19(13-17)25-29(27,28)21-9-4-3-5-10-21/h3-12,14,17,19,25H,13H2,1-2H3.